The minimum absolute atomic E-state index is 0. The van der Waals surface area contributed by atoms with Crippen molar-refractivity contribution in [2.75, 3.05) is 0 Å². The van der Waals surface area contributed by atoms with Crippen molar-refractivity contribution in [2.24, 2.45) is 0 Å². The Balaban J connectivity index is 0. The zero-order valence-electron chi connectivity index (χ0n) is 2.17. The molecule has 4 N–H and O–H groups in total. The van der Waals surface area contributed by atoms with E-state index < -0.39 is 0 Å². The predicted molar refractivity (Wildman–Crippen MR) is 30.3 cm³/mol. The summed E-state index contributed by atoms with van der Waals surface area (Å²) < 4.78 is 0. The molecule has 0 heterocycles. The van der Waals surface area contributed by atoms with E-state index in [1.165, 1.54) is 0 Å². The van der Waals surface area contributed by atoms with E-state index in [0.29, 0.717) is 0 Å². The Bertz CT molecular complexity index is 11.5. The first-order valence-corrected chi connectivity index (χ1v) is 0. The van der Waals surface area contributed by atoms with Gasteiger partial charge in [0.2, 0.25) is 0 Å². The Hall–Kier alpha value is 2.28. The summed E-state index contributed by atoms with van der Waals surface area (Å²) in [6.45, 7) is 0. The van der Waals surface area contributed by atoms with Crippen LogP contribution in [0.15, 0.2) is 0 Å². The zero-order valence-corrected chi connectivity index (χ0v) is 4.91. The summed E-state index contributed by atoms with van der Waals surface area (Å²) in [5.74, 6) is 0. The van der Waals surface area contributed by atoms with Crippen LogP contribution in [-0.2, 0) is 17.1 Å². The second-order valence-electron chi connectivity index (χ2n) is 0. The van der Waals surface area contributed by atoms with E-state index in [0.717, 1.165) is 0 Å². The monoisotopic (exact) mass is 206 g/mol. The molecule has 0 amide bonds. The molecular formula is H8CaCl2FeO2. The van der Waals surface area contributed by atoms with Crippen LogP contribution in [0.4, 0.5) is 0 Å². The molecule has 0 spiro atoms. The van der Waals surface area contributed by atoms with Gasteiger partial charge in [-0.2, -0.15) is 0 Å². The number of rotatable bonds is 0. The standard InChI is InChI=1S/Ca.2ClH.Fe.2H2O.2H/h;2*1H;;2*1H2;;. The van der Waals surface area contributed by atoms with Crippen molar-refractivity contribution in [3.05, 3.63) is 0 Å². The van der Waals surface area contributed by atoms with Gasteiger partial charge in [0, 0.05) is 17.1 Å². The Labute approximate surface area is 89.3 Å². The summed E-state index contributed by atoms with van der Waals surface area (Å²) in [4.78, 5) is 0. The van der Waals surface area contributed by atoms with Gasteiger partial charge < -0.3 is 11.0 Å². The Morgan fingerprint density at radius 2 is 0.667 bits per heavy atom. The van der Waals surface area contributed by atoms with E-state index in [9.17, 15) is 0 Å². The molecular weight excluding hydrogens is 199 g/mol. The molecule has 0 aromatic rings. The van der Waals surface area contributed by atoms with Gasteiger partial charge in [0.1, 0.15) is 0 Å². The molecule has 6 heavy (non-hydrogen) atoms. The Morgan fingerprint density at radius 1 is 0.667 bits per heavy atom. The Morgan fingerprint density at radius 3 is 0.667 bits per heavy atom. The maximum atomic E-state index is 0. The first kappa shape index (κ1) is 84.4. The van der Waals surface area contributed by atoms with E-state index >= 15 is 0 Å². The third-order valence-corrected chi connectivity index (χ3v) is 0. The third-order valence-electron chi connectivity index (χ3n) is 0. The normalized spacial score (nSPS) is 0. The minimum atomic E-state index is 0. The van der Waals surface area contributed by atoms with Gasteiger partial charge in [-0.1, -0.05) is 0 Å². The van der Waals surface area contributed by atoms with Crippen LogP contribution in [0.5, 0.6) is 0 Å². The van der Waals surface area contributed by atoms with Crippen LogP contribution in [0.1, 0.15) is 0 Å². The summed E-state index contributed by atoms with van der Waals surface area (Å²) in [6, 6.07) is 0. The average Bonchev–Trinajstić information content (AvgIpc) is 0. The topological polar surface area (TPSA) is 63.0 Å². The van der Waals surface area contributed by atoms with Crippen LogP contribution in [-0.4, -0.2) is 48.7 Å². The maximum Gasteiger partial charge on any atom is 0 e. The van der Waals surface area contributed by atoms with Gasteiger partial charge in [-0.25, -0.2) is 0 Å². The molecule has 6 heteroatoms. The predicted octanol–water partition coefficient (Wildman–Crippen LogP) is -1.72. The molecule has 0 saturated carbocycles. The van der Waals surface area contributed by atoms with E-state index in [-0.39, 0.29) is 90.6 Å². The first-order chi connectivity index (χ1) is 0. The average molecular weight is 207 g/mol. The minimum Gasteiger partial charge on any atom is 0 e. The van der Waals surface area contributed by atoms with Crippen LogP contribution >= 0.6 is 24.8 Å². The fourth-order valence-electron chi connectivity index (χ4n) is 0. The largest absolute Gasteiger partial charge is 0 e. The molecule has 0 saturated heterocycles. The van der Waals surface area contributed by atoms with Gasteiger partial charge in [-0.15, -0.1) is 24.8 Å². The second-order valence-corrected chi connectivity index (χ2v) is 0. The van der Waals surface area contributed by atoms with Crippen molar-refractivity contribution in [2.45, 2.75) is 0 Å². The quantitative estimate of drug-likeness (QED) is 0.424. The fourth-order valence-corrected chi connectivity index (χ4v) is 0. The number of hydrogen-bond donors (Lipinski definition) is 0. The van der Waals surface area contributed by atoms with Crippen molar-refractivity contribution in [1.82, 2.24) is 0 Å². The molecule has 0 aliphatic carbocycles. The molecule has 0 aromatic carbocycles. The summed E-state index contributed by atoms with van der Waals surface area (Å²) >= 11 is 0. The maximum absolute atomic E-state index is 0. The molecule has 0 aromatic heterocycles. The van der Waals surface area contributed by atoms with Crippen LogP contribution < -0.4 is 0 Å². The van der Waals surface area contributed by atoms with Crippen molar-refractivity contribution in [1.29, 1.82) is 0 Å². The molecule has 44 valence electrons. The van der Waals surface area contributed by atoms with Crippen LogP contribution in [0.2, 0.25) is 0 Å². The van der Waals surface area contributed by atoms with Crippen molar-refractivity contribution < 1.29 is 28.0 Å². The van der Waals surface area contributed by atoms with E-state index in [1.807, 2.05) is 0 Å². The molecule has 0 bridgehead atoms. The molecule has 0 atom stereocenters. The van der Waals surface area contributed by atoms with Crippen LogP contribution in [0, 0.1) is 0 Å². The molecule has 0 fully saturated rings. The Kier molecular flexibility index (Phi) is 778. The molecule has 0 rings (SSSR count). The summed E-state index contributed by atoms with van der Waals surface area (Å²) in [5.41, 5.74) is 0. The van der Waals surface area contributed by atoms with E-state index in [4.69, 9.17) is 0 Å². The number of hydrogen-bond acceptors (Lipinski definition) is 0. The zero-order chi connectivity index (χ0) is 0. The van der Waals surface area contributed by atoms with Crippen LogP contribution in [0.25, 0.3) is 0 Å². The van der Waals surface area contributed by atoms with Crippen molar-refractivity contribution in [3.63, 3.8) is 0 Å². The molecule has 2 nitrogen and oxygen atoms in total. The molecule has 0 aliphatic rings. The molecule has 0 unspecified atom stereocenters. The molecule has 0 aliphatic heterocycles. The summed E-state index contributed by atoms with van der Waals surface area (Å²) in [7, 11) is 0. The van der Waals surface area contributed by atoms with Gasteiger partial charge >= 0.3 is 37.7 Å². The van der Waals surface area contributed by atoms with Gasteiger partial charge in [0.05, 0.1) is 0 Å². The van der Waals surface area contributed by atoms with Crippen molar-refractivity contribution in [3.8, 4) is 0 Å². The smallest absolute Gasteiger partial charge is 0 e. The van der Waals surface area contributed by atoms with Gasteiger partial charge in [-0.05, 0) is 0 Å². The fraction of sp³-hybridized carbons (Fsp3) is 0. The summed E-state index contributed by atoms with van der Waals surface area (Å²) in [6.07, 6.45) is 0. The van der Waals surface area contributed by atoms with Crippen LogP contribution in [0.3, 0.4) is 0 Å². The second kappa shape index (κ2) is 55.2. The first-order valence-electron chi connectivity index (χ1n) is 0. The number of halogens is 2. The van der Waals surface area contributed by atoms with Gasteiger partial charge in [0.15, 0.2) is 0 Å². The van der Waals surface area contributed by atoms with E-state index in [1.54, 1.807) is 0 Å². The van der Waals surface area contributed by atoms with E-state index in [2.05, 4.69) is 0 Å². The van der Waals surface area contributed by atoms with Crippen molar-refractivity contribution >= 4 is 62.6 Å². The van der Waals surface area contributed by atoms with Gasteiger partial charge in [-0.3, -0.25) is 0 Å². The van der Waals surface area contributed by atoms with Gasteiger partial charge in [0.25, 0.3) is 0 Å². The SMILES string of the molecule is Cl.Cl.O.O.[CaH2].[Fe]. The third kappa shape index (κ3) is 33.7. The summed E-state index contributed by atoms with van der Waals surface area (Å²) in [5, 5.41) is 0. The molecule has 0 radical (unpaired) electrons.